The first-order valence-electron chi connectivity index (χ1n) is 7.12. The number of allylic oxidation sites excluding steroid dienone is 1. The van der Waals surface area contributed by atoms with E-state index in [2.05, 4.69) is 21.9 Å². The number of rotatable bonds is 5. The molecule has 0 fully saturated rings. The van der Waals surface area contributed by atoms with E-state index in [4.69, 9.17) is 16.3 Å². The van der Waals surface area contributed by atoms with Gasteiger partial charge in [0, 0.05) is 6.20 Å². The summed E-state index contributed by atoms with van der Waals surface area (Å²) in [7, 11) is 0. The maximum atomic E-state index is 12.1. The summed E-state index contributed by atoms with van der Waals surface area (Å²) >= 11 is 5.87. The number of hydrogen-bond donors (Lipinski definition) is 2. The Balaban J connectivity index is 3.11. The average Bonchev–Trinajstić information content (AvgIpc) is 2.44. The number of alkyl carbamates (subject to hydrolysis) is 1. The Bertz CT molecular complexity index is 596. The predicted octanol–water partition coefficient (Wildman–Crippen LogP) is 3.19. The van der Waals surface area contributed by atoms with Gasteiger partial charge in [0.15, 0.2) is 5.82 Å². The third kappa shape index (κ3) is 6.00. The highest BCUT2D eigenvalue weighted by Crippen LogP contribution is 2.21. The number of hydrogen-bond acceptors (Lipinski definition) is 5. The van der Waals surface area contributed by atoms with Crippen molar-refractivity contribution in [1.82, 2.24) is 15.3 Å². The van der Waals surface area contributed by atoms with Gasteiger partial charge in [-0.25, -0.2) is 14.8 Å². The number of ether oxygens (including phenoxy) is 1. The van der Waals surface area contributed by atoms with Gasteiger partial charge >= 0.3 is 6.09 Å². The normalized spacial score (nSPS) is 14.8. The van der Waals surface area contributed by atoms with Gasteiger partial charge in [-0.3, -0.25) is 0 Å². The quantitative estimate of drug-likeness (QED) is 0.635. The Morgan fingerprint density at radius 2 is 2.17 bits per heavy atom. The number of carbonyl (C=O) groups excluding carboxylic acids is 1. The van der Waals surface area contributed by atoms with Crippen LogP contribution in [0.15, 0.2) is 36.6 Å². The summed E-state index contributed by atoms with van der Waals surface area (Å²) in [5.74, 6) is 0.178. The van der Waals surface area contributed by atoms with Crippen LogP contribution in [0.25, 0.3) is 0 Å². The maximum Gasteiger partial charge on any atom is 0.408 e. The molecule has 7 heteroatoms. The van der Waals surface area contributed by atoms with Crippen LogP contribution in [0.5, 0.6) is 0 Å². The summed E-state index contributed by atoms with van der Waals surface area (Å²) in [5, 5.41) is 13.3. The Kier molecular flexibility index (Phi) is 6.72. The molecule has 1 heterocycles. The minimum Gasteiger partial charge on any atom is -0.444 e. The zero-order valence-electron chi connectivity index (χ0n) is 13.7. The Labute approximate surface area is 141 Å². The second kappa shape index (κ2) is 8.08. The zero-order chi connectivity index (χ0) is 17.6. The van der Waals surface area contributed by atoms with Crippen LogP contribution in [0.2, 0.25) is 5.15 Å². The van der Waals surface area contributed by atoms with Crippen molar-refractivity contribution in [1.29, 1.82) is 0 Å². The van der Waals surface area contributed by atoms with Gasteiger partial charge in [0.1, 0.15) is 22.9 Å². The third-order valence-corrected chi connectivity index (χ3v) is 3.03. The number of amides is 1. The van der Waals surface area contributed by atoms with Crippen molar-refractivity contribution in [2.45, 2.75) is 45.4 Å². The first kappa shape index (κ1) is 19.1. The molecular formula is C16H22ClN3O3. The molecule has 6 nitrogen and oxygen atoms in total. The van der Waals surface area contributed by atoms with E-state index in [1.807, 2.05) is 0 Å². The fourth-order valence-corrected chi connectivity index (χ4v) is 1.96. The van der Waals surface area contributed by atoms with Gasteiger partial charge in [-0.05, 0) is 39.3 Å². The zero-order valence-corrected chi connectivity index (χ0v) is 14.5. The molecule has 0 radical (unpaired) electrons. The van der Waals surface area contributed by atoms with Crippen LogP contribution in [-0.4, -0.2) is 32.9 Å². The van der Waals surface area contributed by atoms with Crippen LogP contribution in [0.1, 0.15) is 39.6 Å². The summed E-state index contributed by atoms with van der Waals surface area (Å²) in [6.45, 7) is 10.6. The van der Waals surface area contributed by atoms with Gasteiger partial charge in [-0.2, -0.15) is 0 Å². The van der Waals surface area contributed by atoms with Gasteiger partial charge in [0.25, 0.3) is 0 Å². The van der Waals surface area contributed by atoms with E-state index in [0.29, 0.717) is 5.57 Å². The first-order chi connectivity index (χ1) is 10.7. The van der Waals surface area contributed by atoms with Crippen molar-refractivity contribution in [3.63, 3.8) is 0 Å². The number of halogens is 1. The SMILES string of the molecule is C=CC(=CC)C(O)C(NC(=O)OC(C)(C)C)c1nccc(Cl)n1. The molecule has 0 aromatic carbocycles. The summed E-state index contributed by atoms with van der Waals surface area (Å²) in [4.78, 5) is 20.2. The van der Waals surface area contributed by atoms with Crippen LogP contribution in [-0.2, 0) is 4.74 Å². The van der Waals surface area contributed by atoms with Crippen molar-refractivity contribution in [2.75, 3.05) is 0 Å². The molecule has 0 aliphatic rings. The summed E-state index contributed by atoms with van der Waals surface area (Å²) in [6, 6.07) is 0.583. The molecule has 0 saturated carbocycles. The third-order valence-electron chi connectivity index (χ3n) is 2.82. The van der Waals surface area contributed by atoms with Crippen LogP contribution in [0.4, 0.5) is 4.79 Å². The molecule has 2 atom stereocenters. The molecule has 23 heavy (non-hydrogen) atoms. The molecule has 1 rings (SSSR count). The second-order valence-corrected chi connectivity index (χ2v) is 6.19. The van der Waals surface area contributed by atoms with Crippen LogP contribution >= 0.6 is 11.6 Å². The van der Waals surface area contributed by atoms with Crippen LogP contribution < -0.4 is 5.32 Å². The highest BCUT2D eigenvalue weighted by Gasteiger charge is 2.29. The lowest BCUT2D eigenvalue weighted by Crippen LogP contribution is -2.41. The van der Waals surface area contributed by atoms with Crippen molar-refractivity contribution in [3.05, 3.63) is 47.5 Å². The smallest absolute Gasteiger partial charge is 0.408 e. The molecule has 0 aliphatic heterocycles. The van der Waals surface area contributed by atoms with E-state index in [-0.39, 0.29) is 11.0 Å². The number of aliphatic hydroxyl groups is 1. The molecule has 0 aliphatic carbocycles. The second-order valence-electron chi connectivity index (χ2n) is 5.80. The van der Waals surface area contributed by atoms with Gasteiger partial charge in [-0.15, -0.1) is 0 Å². The number of nitrogens with one attached hydrogen (secondary N) is 1. The first-order valence-corrected chi connectivity index (χ1v) is 7.50. The van der Waals surface area contributed by atoms with E-state index in [1.165, 1.54) is 18.3 Å². The van der Waals surface area contributed by atoms with E-state index < -0.39 is 23.8 Å². The molecule has 1 aromatic heterocycles. The molecule has 0 saturated heterocycles. The molecule has 0 spiro atoms. The monoisotopic (exact) mass is 339 g/mol. The lowest BCUT2D eigenvalue weighted by molar-refractivity contribution is 0.0443. The molecule has 126 valence electrons. The molecule has 1 aromatic rings. The van der Waals surface area contributed by atoms with Gasteiger partial charge in [0.2, 0.25) is 0 Å². The van der Waals surface area contributed by atoms with E-state index in [9.17, 15) is 9.90 Å². The van der Waals surface area contributed by atoms with Crippen LogP contribution in [0.3, 0.4) is 0 Å². The van der Waals surface area contributed by atoms with Crippen molar-refractivity contribution in [2.24, 2.45) is 0 Å². The van der Waals surface area contributed by atoms with Crippen LogP contribution in [0, 0.1) is 0 Å². The Morgan fingerprint density at radius 3 is 2.65 bits per heavy atom. The topological polar surface area (TPSA) is 84.3 Å². The van der Waals surface area contributed by atoms with Gasteiger partial charge in [-0.1, -0.05) is 30.3 Å². The van der Waals surface area contributed by atoms with Crippen molar-refractivity contribution >= 4 is 17.7 Å². The summed E-state index contributed by atoms with van der Waals surface area (Å²) in [5.41, 5.74) is -0.147. The minimum atomic E-state index is -1.09. The largest absolute Gasteiger partial charge is 0.444 e. The van der Waals surface area contributed by atoms with Crippen molar-refractivity contribution in [3.8, 4) is 0 Å². The predicted molar refractivity (Wildman–Crippen MR) is 89.1 cm³/mol. The Morgan fingerprint density at radius 1 is 1.52 bits per heavy atom. The molecule has 2 unspecified atom stereocenters. The van der Waals surface area contributed by atoms with E-state index in [1.54, 1.807) is 33.8 Å². The lowest BCUT2D eigenvalue weighted by atomic mass is 10.0. The Hall–Kier alpha value is -1.92. The van der Waals surface area contributed by atoms with E-state index >= 15 is 0 Å². The average molecular weight is 340 g/mol. The fraction of sp³-hybridized carbons (Fsp3) is 0.438. The highest BCUT2D eigenvalue weighted by atomic mass is 35.5. The van der Waals surface area contributed by atoms with Gasteiger partial charge in [0.05, 0.1) is 0 Å². The fourth-order valence-electron chi connectivity index (χ4n) is 1.82. The summed E-state index contributed by atoms with van der Waals surface area (Å²) in [6.07, 6.45) is 2.85. The molecule has 2 N–H and O–H groups in total. The summed E-state index contributed by atoms with van der Waals surface area (Å²) < 4.78 is 5.22. The molecule has 1 amide bonds. The van der Waals surface area contributed by atoms with Gasteiger partial charge < -0.3 is 15.2 Å². The number of carbonyl (C=O) groups is 1. The van der Waals surface area contributed by atoms with Crippen molar-refractivity contribution < 1.29 is 14.6 Å². The number of nitrogens with zero attached hydrogens (tertiary/aromatic N) is 2. The lowest BCUT2D eigenvalue weighted by Gasteiger charge is -2.26. The molecular weight excluding hydrogens is 318 g/mol. The standard InChI is InChI=1S/C16H22ClN3O3/c1-6-10(7-2)13(21)12(14-18-9-8-11(17)19-14)20-15(22)23-16(3,4)5/h6-9,12-13,21H,1H2,2-5H3,(H,20,22). The number of aromatic nitrogens is 2. The van der Waals surface area contributed by atoms with E-state index in [0.717, 1.165) is 0 Å². The molecule has 0 bridgehead atoms. The maximum absolute atomic E-state index is 12.1. The highest BCUT2D eigenvalue weighted by molar-refractivity contribution is 6.29. The number of aliphatic hydroxyl groups excluding tert-OH is 1. The minimum absolute atomic E-state index is 0.178.